The zero-order valence-electron chi connectivity index (χ0n) is 28.7. The third-order valence-electron chi connectivity index (χ3n) is 8.94. The molecule has 5 rings (SSSR count). The Balaban J connectivity index is 1.27. The van der Waals surface area contributed by atoms with Crippen molar-refractivity contribution in [3.8, 4) is 23.0 Å². The van der Waals surface area contributed by atoms with Gasteiger partial charge in [-0.3, -0.25) is 24.0 Å². The van der Waals surface area contributed by atoms with E-state index in [0.717, 1.165) is 4.90 Å². The number of benzene rings is 3. The van der Waals surface area contributed by atoms with Crippen LogP contribution in [0.3, 0.4) is 0 Å². The fourth-order valence-corrected chi connectivity index (χ4v) is 7.90. The van der Waals surface area contributed by atoms with Gasteiger partial charge in [-0.1, -0.05) is 42.5 Å². The Morgan fingerprint density at radius 1 is 0.868 bits per heavy atom. The Morgan fingerprint density at radius 3 is 2.13 bits per heavy atom. The number of aliphatic carboxylic acids is 1. The second-order valence-electron chi connectivity index (χ2n) is 13.0. The van der Waals surface area contributed by atoms with E-state index < -0.39 is 93.3 Å². The van der Waals surface area contributed by atoms with Gasteiger partial charge in [-0.15, -0.1) is 11.8 Å². The van der Waals surface area contributed by atoms with E-state index in [1.807, 2.05) is 0 Å². The fraction of sp³-hybridized carbons (Fsp3) is 0.333. The Bertz CT molecular complexity index is 1920. The first-order chi connectivity index (χ1) is 25.1. The molecule has 5 amide bonds. The molecule has 0 saturated carbocycles. The van der Waals surface area contributed by atoms with Crippen molar-refractivity contribution >= 4 is 47.3 Å². The van der Waals surface area contributed by atoms with Gasteiger partial charge in [0.25, 0.3) is 11.8 Å². The Labute approximate surface area is 307 Å². The standard InChI is InChI=1S/C36H39N5O11S/c1-36(2)29(35(51)52)41-33(50)26(34(41)53-36)39-31(48)25(19-10-4-3-5-11-19)38-24(44)18-40(32(49)21-13-9-15-23(43)28(21)46)17-7-6-16-37-30(47)20-12-8-14-22(42)27(20)45/h3-5,8-15,25-26,29,34,42-43,45-46H,6-7,16-18H2,1-2H3,(H,37,47)(H,38,44)(H,39,48)(H,51,52)/t25-,26-,29?,34?/m1/s1. The highest BCUT2D eigenvalue weighted by Gasteiger charge is 2.64. The minimum absolute atomic E-state index is 0.0668. The minimum atomic E-state index is -1.32. The van der Waals surface area contributed by atoms with Crippen molar-refractivity contribution in [3.05, 3.63) is 83.4 Å². The number of thioether (sulfide) groups is 1. The lowest BCUT2D eigenvalue weighted by molar-refractivity contribution is -0.161. The molecule has 4 atom stereocenters. The number of hydrogen-bond acceptors (Lipinski definition) is 11. The second kappa shape index (κ2) is 15.7. The highest BCUT2D eigenvalue weighted by Crippen LogP contribution is 2.50. The van der Waals surface area contributed by atoms with Gasteiger partial charge in [-0.05, 0) is 56.5 Å². The highest BCUT2D eigenvalue weighted by atomic mass is 32.2. The van der Waals surface area contributed by atoms with E-state index in [0.29, 0.717) is 12.0 Å². The third kappa shape index (κ3) is 8.09. The van der Waals surface area contributed by atoms with Crippen LogP contribution in [0.2, 0.25) is 0 Å². The van der Waals surface area contributed by atoms with Crippen LogP contribution in [-0.2, 0) is 19.2 Å². The average Bonchev–Trinajstić information content (AvgIpc) is 3.38. The largest absolute Gasteiger partial charge is 0.504 e. The van der Waals surface area contributed by atoms with Crippen LogP contribution in [0.25, 0.3) is 0 Å². The number of carbonyl (C=O) groups is 6. The number of carboxylic acid groups (broad SMARTS) is 1. The summed E-state index contributed by atoms with van der Waals surface area (Å²) in [5.41, 5.74) is -0.0570. The lowest BCUT2D eigenvalue weighted by atomic mass is 9.95. The number of unbranched alkanes of at least 4 members (excludes halogenated alkanes) is 1. The molecule has 2 aliphatic rings. The number of phenols is 4. The number of carboxylic acids is 1. The van der Waals surface area contributed by atoms with Gasteiger partial charge in [0, 0.05) is 17.8 Å². The van der Waals surface area contributed by atoms with E-state index in [4.69, 9.17) is 0 Å². The maximum absolute atomic E-state index is 13.7. The quantitative estimate of drug-likeness (QED) is 0.0666. The summed E-state index contributed by atoms with van der Waals surface area (Å²) in [5.74, 6) is -6.97. The van der Waals surface area contributed by atoms with Crippen molar-refractivity contribution in [2.45, 2.75) is 54.9 Å². The summed E-state index contributed by atoms with van der Waals surface area (Å²) in [6.45, 7) is 2.84. The van der Waals surface area contributed by atoms with Crippen LogP contribution < -0.4 is 16.0 Å². The number of β-lactam (4-membered cyclic amide) rings is 1. The second-order valence-corrected chi connectivity index (χ2v) is 14.8. The summed E-state index contributed by atoms with van der Waals surface area (Å²) in [4.78, 5) is 80.8. The molecule has 16 nitrogen and oxygen atoms in total. The molecule has 2 aliphatic heterocycles. The van der Waals surface area contributed by atoms with Crippen LogP contribution in [0.1, 0.15) is 59.0 Å². The molecule has 8 N–H and O–H groups in total. The van der Waals surface area contributed by atoms with Crippen molar-refractivity contribution in [2.75, 3.05) is 19.6 Å². The SMILES string of the molecule is CC1(C)SC2[C@H](NC(=O)[C@H](NC(=O)CN(CCCCNC(=O)c3cccc(O)c3O)C(=O)c3cccc(O)c3O)c3ccccc3)C(=O)N2C1C(=O)O. The number of phenolic OH excluding ortho intramolecular Hbond substituents is 4. The maximum Gasteiger partial charge on any atom is 0.327 e. The summed E-state index contributed by atoms with van der Waals surface area (Å²) >= 11 is 1.25. The molecule has 2 fully saturated rings. The number of carbonyl (C=O) groups excluding carboxylic acids is 5. The number of amides is 5. The number of nitrogens with zero attached hydrogens (tertiary/aromatic N) is 2. The molecule has 0 bridgehead atoms. The van der Waals surface area contributed by atoms with Gasteiger partial charge in [0.1, 0.15) is 23.5 Å². The van der Waals surface area contributed by atoms with Crippen LogP contribution in [0, 0.1) is 0 Å². The van der Waals surface area contributed by atoms with Gasteiger partial charge in [-0.2, -0.15) is 0 Å². The molecule has 2 heterocycles. The predicted octanol–water partition coefficient (Wildman–Crippen LogP) is 1.65. The van der Waals surface area contributed by atoms with Crippen molar-refractivity contribution in [1.29, 1.82) is 0 Å². The summed E-state index contributed by atoms with van der Waals surface area (Å²) in [5, 5.41) is 57.1. The predicted molar refractivity (Wildman–Crippen MR) is 190 cm³/mol. The molecule has 0 aromatic heterocycles. The van der Waals surface area contributed by atoms with E-state index in [-0.39, 0.29) is 30.6 Å². The molecule has 0 radical (unpaired) electrons. The van der Waals surface area contributed by atoms with Gasteiger partial charge >= 0.3 is 5.97 Å². The number of aromatic hydroxyl groups is 4. The van der Waals surface area contributed by atoms with Crippen molar-refractivity contribution in [3.63, 3.8) is 0 Å². The summed E-state index contributed by atoms with van der Waals surface area (Å²) in [6, 6.07) is 12.5. The van der Waals surface area contributed by atoms with Crippen LogP contribution >= 0.6 is 11.8 Å². The maximum atomic E-state index is 13.7. The number of para-hydroxylation sites is 2. The number of fused-ring (bicyclic) bond motifs is 1. The number of nitrogens with one attached hydrogen (secondary N) is 3. The normalized spacial score (nSPS) is 18.9. The van der Waals surface area contributed by atoms with E-state index in [1.165, 1.54) is 53.1 Å². The third-order valence-corrected chi connectivity index (χ3v) is 10.5. The van der Waals surface area contributed by atoms with Crippen LogP contribution in [-0.4, -0.2) is 113 Å². The van der Waals surface area contributed by atoms with Gasteiger partial charge in [0.15, 0.2) is 23.0 Å². The van der Waals surface area contributed by atoms with E-state index in [2.05, 4.69) is 16.0 Å². The monoisotopic (exact) mass is 749 g/mol. The average molecular weight is 750 g/mol. The topological polar surface area (TPSA) is 246 Å². The zero-order chi connectivity index (χ0) is 38.6. The molecular formula is C36H39N5O11S. The van der Waals surface area contributed by atoms with Gasteiger partial charge in [-0.25, -0.2) is 4.79 Å². The van der Waals surface area contributed by atoms with Gasteiger partial charge in [0.05, 0.1) is 17.7 Å². The van der Waals surface area contributed by atoms with Crippen LogP contribution in [0.15, 0.2) is 66.7 Å². The Hall–Kier alpha value is -5.97. The minimum Gasteiger partial charge on any atom is -0.504 e. The molecular weight excluding hydrogens is 710 g/mol. The molecule has 2 unspecified atom stereocenters. The van der Waals surface area contributed by atoms with E-state index in [1.54, 1.807) is 44.2 Å². The number of rotatable bonds is 14. The lowest BCUT2D eigenvalue weighted by Crippen LogP contribution is -2.71. The summed E-state index contributed by atoms with van der Waals surface area (Å²) < 4.78 is -0.820. The molecule has 0 aliphatic carbocycles. The highest BCUT2D eigenvalue weighted by molar-refractivity contribution is 8.01. The van der Waals surface area contributed by atoms with Crippen molar-refractivity contribution in [1.82, 2.24) is 25.8 Å². The Kier molecular flexibility index (Phi) is 11.4. The van der Waals surface area contributed by atoms with Crippen molar-refractivity contribution in [2.24, 2.45) is 0 Å². The zero-order valence-corrected chi connectivity index (χ0v) is 29.5. The fourth-order valence-electron chi connectivity index (χ4n) is 6.27. The molecule has 3 aromatic carbocycles. The molecule has 53 heavy (non-hydrogen) atoms. The summed E-state index contributed by atoms with van der Waals surface area (Å²) in [7, 11) is 0. The Morgan fingerprint density at radius 2 is 1.49 bits per heavy atom. The molecule has 280 valence electrons. The molecule has 17 heteroatoms. The smallest absolute Gasteiger partial charge is 0.327 e. The van der Waals surface area contributed by atoms with E-state index >= 15 is 0 Å². The van der Waals surface area contributed by atoms with E-state index in [9.17, 15) is 54.3 Å². The molecule has 3 aromatic rings. The summed E-state index contributed by atoms with van der Waals surface area (Å²) in [6.07, 6.45) is 0.531. The first kappa shape index (κ1) is 38.3. The first-order valence-corrected chi connectivity index (χ1v) is 17.5. The van der Waals surface area contributed by atoms with Crippen molar-refractivity contribution < 1.29 is 54.3 Å². The number of hydrogen-bond donors (Lipinski definition) is 8. The molecule has 2 saturated heterocycles. The van der Waals surface area contributed by atoms with Gasteiger partial charge in [0.2, 0.25) is 17.7 Å². The van der Waals surface area contributed by atoms with Crippen LogP contribution in [0.5, 0.6) is 23.0 Å². The van der Waals surface area contributed by atoms with Crippen LogP contribution in [0.4, 0.5) is 0 Å². The lowest BCUT2D eigenvalue weighted by Gasteiger charge is -2.44. The first-order valence-electron chi connectivity index (χ1n) is 16.6. The van der Waals surface area contributed by atoms with Gasteiger partial charge < -0.3 is 51.3 Å². The molecule has 0 spiro atoms.